The highest BCUT2D eigenvalue weighted by Gasteiger charge is 2.14. The Morgan fingerprint density at radius 2 is 2.14 bits per heavy atom. The van der Waals surface area contributed by atoms with Crippen molar-refractivity contribution >= 4 is 17.7 Å². The van der Waals surface area contributed by atoms with Crippen molar-refractivity contribution in [2.75, 3.05) is 12.0 Å². The van der Waals surface area contributed by atoms with Gasteiger partial charge in [-0.2, -0.15) is 11.8 Å². The van der Waals surface area contributed by atoms with E-state index in [0.717, 1.165) is 24.4 Å². The molecule has 1 amide bonds. The van der Waals surface area contributed by atoms with Crippen LogP contribution in [0.4, 0.5) is 0 Å². The number of imidazole rings is 1. The van der Waals surface area contributed by atoms with Crippen LogP contribution in [0.25, 0.3) is 0 Å². The Morgan fingerprint density at radius 1 is 1.38 bits per heavy atom. The first-order valence-electron chi connectivity index (χ1n) is 7.01. The maximum Gasteiger partial charge on any atom is 0.230 e. The summed E-state index contributed by atoms with van der Waals surface area (Å²) in [7, 11) is 0. The lowest BCUT2D eigenvalue weighted by Crippen LogP contribution is -2.30. The van der Waals surface area contributed by atoms with Crippen molar-refractivity contribution in [2.24, 2.45) is 0 Å². The minimum absolute atomic E-state index is 0.0349. The van der Waals surface area contributed by atoms with Gasteiger partial charge in [0.15, 0.2) is 0 Å². The third kappa shape index (κ3) is 4.63. The first-order valence-corrected chi connectivity index (χ1v) is 8.41. The number of benzene rings is 1. The van der Waals surface area contributed by atoms with Gasteiger partial charge in [-0.15, -0.1) is 0 Å². The van der Waals surface area contributed by atoms with Crippen molar-refractivity contribution in [3.05, 3.63) is 54.1 Å². The molecule has 2 rings (SSSR count). The number of aromatic nitrogens is 2. The number of nitrogens with one attached hydrogen (secondary N) is 1. The summed E-state index contributed by atoms with van der Waals surface area (Å²) in [4.78, 5) is 16.1. The van der Waals surface area contributed by atoms with Crippen molar-refractivity contribution in [3.8, 4) is 0 Å². The molecule has 1 aromatic heterocycles. The van der Waals surface area contributed by atoms with E-state index in [2.05, 4.69) is 27.0 Å². The van der Waals surface area contributed by atoms with Gasteiger partial charge in [-0.25, -0.2) is 4.98 Å². The summed E-state index contributed by atoms with van der Waals surface area (Å²) in [5.41, 5.74) is 1.14. The molecule has 1 unspecified atom stereocenters. The minimum Gasteiger partial charge on any atom is -0.349 e. The van der Waals surface area contributed by atoms with E-state index in [0.29, 0.717) is 5.75 Å². The molecule has 5 heteroatoms. The molecule has 0 spiro atoms. The Hall–Kier alpha value is -1.75. The minimum atomic E-state index is 0.0349. The van der Waals surface area contributed by atoms with Crippen LogP contribution in [0.2, 0.25) is 0 Å². The number of nitrogens with zero attached hydrogens (tertiary/aromatic N) is 2. The Kier molecular flexibility index (Phi) is 5.87. The van der Waals surface area contributed by atoms with E-state index in [1.165, 1.54) is 11.8 Å². The van der Waals surface area contributed by atoms with E-state index < -0.39 is 0 Å². The lowest BCUT2D eigenvalue weighted by molar-refractivity contribution is -0.119. The molecule has 4 nitrogen and oxygen atoms in total. The summed E-state index contributed by atoms with van der Waals surface area (Å²) in [5.74, 6) is 1.57. The molecule has 2 aromatic rings. The van der Waals surface area contributed by atoms with Crippen molar-refractivity contribution in [2.45, 2.75) is 25.9 Å². The van der Waals surface area contributed by atoms with Crippen molar-refractivity contribution in [3.63, 3.8) is 0 Å². The van der Waals surface area contributed by atoms with Crippen LogP contribution in [0.3, 0.4) is 0 Å². The van der Waals surface area contributed by atoms with Gasteiger partial charge in [-0.3, -0.25) is 4.79 Å². The molecule has 1 N–H and O–H groups in total. The van der Waals surface area contributed by atoms with Gasteiger partial charge in [-0.05, 0) is 25.2 Å². The number of thioether (sulfide) groups is 1. The van der Waals surface area contributed by atoms with E-state index in [9.17, 15) is 4.79 Å². The van der Waals surface area contributed by atoms with Crippen LogP contribution in [0, 0.1) is 6.92 Å². The summed E-state index contributed by atoms with van der Waals surface area (Å²) < 4.78 is 2.11. The monoisotopic (exact) mass is 303 g/mol. The fraction of sp³-hybridized carbons (Fsp3) is 0.375. The Bertz CT molecular complexity index is 568. The summed E-state index contributed by atoms with van der Waals surface area (Å²) in [6, 6.07) is 10.2. The normalized spacial score (nSPS) is 12.1. The van der Waals surface area contributed by atoms with Crippen molar-refractivity contribution < 1.29 is 4.79 Å². The highest BCUT2D eigenvalue weighted by molar-refractivity contribution is 7.99. The maximum atomic E-state index is 11.9. The van der Waals surface area contributed by atoms with E-state index in [1.54, 1.807) is 6.20 Å². The topological polar surface area (TPSA) is 46.9 Å². The van der Waals surface area contributed by atoms with Crippen LogP contribution in [-0.4, -0.2) is 27.5 Å². The second-order valence-corrected chi connectivity index (χ2v) is 5.79. The van der Waals surface area contributed by atoms with Crippen LogP contribution in [0.15, 0.2) is 42.7 Å². The molecule has 0 radical (unpaired) electrons. The predicted molar refractivity (Wildman–Crippen MR) is 87.3 cm³/mol. The van der Waals surface area contributed by atoms with Crippen LogP contribution >= 0.6 is 11.8 Å². The summed E-state index contributed by atoms with van der Waals surface area (Å²) in [6.07, 6.45) is 6.56. The zero-order valence-electron chi connectivity index (χ0n) is 12.5. The molecule has 0 saturated heterocycles. The van der Waals surface area contributed by atoms with Crippen LogP contribution in [-0.2, 0) is 11.3 Å². The summed E-state index contributed by atoms with van der Waals surface area (Å²) in [6.45, 7) is 2.83. The lowest BCUT2D eigenvalue weighted by atomic mass is 10.0. The number of carbonyl (C=O) groups excluding carboxylic acids is 1. The third-order valence-corrected chi connectivity index (χ3v) is 3.95. The SMILES string of the molecule is CSCC(=O)NC(CCn1ccnc1C)c1ccccc1. The number of carbonyl (C=O) groups is 1. The van der Waals surface area contributed by atoms with Gasteiger partial charge in [0.2, 0.25) is 5.91 Å². The lowest BCUT2D eigenvalue weighted by Gasteiger charge is -2.19. The van der Waals surface area contributed by atoms with Crippen molar-refractivity contribution in [1.82, 2.24) is 14.9 Å². The standard InChI is InChI=1S/C16H21N3OS/c1-13-17-9-11-19(13)10-8-15(18-16(20)12-21-2)14-6-4-3-5-7-14/h3-7,9,11,15H,8,10,12H2,1-2H3,(H,18,20). The van der Waals surface area contributed by atoms with Gasteiger partial charge >= 0.3 is 0 Å². The highest BCUT2D eigenvalue weighted by Crippen LogP contribution is 2.18. The van der Waals surface area contributed by atoms with E-state index in [-0.39, 0.29) is 11.9 Å². The molecule has 112 valence electrons. The molecule has 0 aliphatic heterocycles. The smallest absolute Gasteiger partial charge is 0.230 e. The second-order valence-electron chi connectivity index (χ2n) is 4.92. The molecule has 0 aliphatic carbocycles. The molecule has 0 fully saturated rings. The molecular formula is C16H21N3OS. The average molecular weight is 303 g/mol. The first-order chi connectivity index (χ1) is 10.2. The first kappa shape index (κ1) is 15.6. The van der Waals surface area contributed by atoms with Gasteiger partial charge in [0.1, 0.15) is 5.82 Å². The zero-order valence-corrected chi connectivity index (χ0v) is 13.3. The van der Waals surface area contributed by atoms with Crippen LogP contribution in [0.1, 0.15) is 23.9 Å². The number of aryl methyl sites for hydroxylation is 2. The van der Waals surface area contributed by atoms with Crippen molar-refractivity contribution in [1.29, 1.82) is 0 Å². The van der Waals surface area contributed by atoms with Gasteiger partial charge in [0.25, 0.3) is 0 Å². The quantitative estimate of drug-likeness (QED) is 0.855. The van der Waals surface area contributed by atoms with E-state index in [1.807, 2.05) is 37.6 Å². The van der Waals surface area contributed by atoms with Crippen LogP contribution in [0.5, 0.6) is 0 Å². The molecule has 1 aromatic carbocycles. The molecule has 1 atom stereocenters. The fourth-order valence-electron chi connectivity index (χ4n) is 2.28. The Morgan fingerprint density at radius 3 is 2.76 bits per heavy atom. The second kappa shape index (κ2) is 7.88. The Labute approximate surface area is 130 Å². The molecule has 0 saturated carbocycles. The largest absolute Gasteiger partial charge is 0.349 e. The third-order valence-electron chi connectivity index (χ3n) is 3.39. The van der Waals surface area contributed by atoms with Gasteiger partial charge in [0.05, 0.1) is 11.8 Å². The Balaban J connectivity index is 2.05. The summed E-state index contributed by atoms with van der Waals surface area (Å²) >= 11 is 1.54. The van der Waals surface area contributed by atoms with E-state index >= 15 is 0 Å². The number of rotatable bonds is 7. The van der Waals surface area contributed by atoms with E-state index in [4.69, 9.17) is 0 Å². The highest BCUT2D eigenvalue weighted by atomic mass is 32.2. The number of hydrogen-bond donors (Lipinski definition) is 1. The fourth-order valence-corrected chi connectivity index (χ4v) is 2.63. The predicted octanol–water partition coefficient (Wildman–Crippen LogP) is 2.80. The zero-order chi connectivity index (χ0) is 15.1. The average Bonchev–Trinajstić information content (AvgIpc) is 2.90. The molecular weight excluding hydrogens is 282 g/mol. The number of amides is 1. The molecule has 1 heterocycles. The van der Waals surface area contributed by atoms with Gasteiger partial charge in [0, 0.05) is 18.9 Å². The molecule has 0 aliphatic rings. The molecule has 0 bridgehead atoms. The summed E-state index contributed by atoms with van der Waals surface area (Å²) in [5, 5.41) is 3.12. The van der Waals surface area contributed by atoms with Crippen LogP contribution < -0.4 is 5.32 Å². The van der Waals surface area contributed by atoms with Gasteiger partial charge < -0.3 is 9.88 Å². The number of hydrogen-bond acceptors (Lipinski definition) is 3. The van der Waals surface area contributed by atoms with Gasteiger partial charge in [-0.1, -0.05) is 30.3 Å². The maximum absolute atomic E-state index is 11.9. The molecule has 21 heavy (non-hydrogen) atoms.